The van der Waals surface area contributed by atoms with Gasteiger partial charge in [-0.3, -0.25) is 9.59 Å². The van der Waals surface area contributed by atoms with Crippen LogP contribution in [0.15, 0.2) is 18.2 Å². The Hall–Kier alpha value is -1.71. The maximum atomic E-state index is 13.2. The molecule has 1 aliphatic rings. The third kappa shape index (κ3) is 2.52. The summed E-state index contributed by atoms with van der Waals surface area (Å²) in [5.41, 5.74) is 0.605. The molecule has 1 aromatic carbocycles. The minimum atomic E-state index is -0.383. The van der Waals surface area contributed by atoms with E-state index in [9.17, 15) is 14.0 Å². The van der Waals surface area contributed by atoms with E-state index in [1.807, 2.05) is 0 Å². The zero-order chi connectivity index (χ0) is 12.4. The number of hydrogen-bond acceptors (Lipinski definition) is 3. The maximum absolute atomic E-state index is 13.2. The summed E-state index contributed by atoms with van der Waals surface area (Å²) in [7, 11) is 1.49. The summed E-state index contributed by atoms with van der Waals surface area (Å²) in [4.78, 5) is 22.8. The van der Waals surface area contributed by atoms with Crippen molar-refractivity contribution >= 4 is 11.6 Å². The Kier molecular flexibility index (Phi) is 3.22. The minimum Gasteiger partial charge on any atom is -0.496 e. The van der Waals surface area contributed by atoms with Gasteiger partial charge in [0, 0.05) is 24.3 Å². The molecule has 0 unspecified atom stereocenters. The summed E-state index contributed by atoms with van der Waals surface area (Å²) < 4.78 is 18.3. The number of rotatable bonds is 2. The Morgan fingerprint density at radius 2 is 1.88 bits per heavy atom. The van der Waals surface area contributed by atoms with Crippen molar-refractivity contribution in [2.45, 2.75) is 25.2 Å². The number of benzene rings is 1. The van der Waals surface area contributed by atoms with Crippen molar-refractivity contribution in [3.05, 3.63) is 29.6 Å². The van der Waals surface area contributed by atoms with Crippen LogP contribution in [-0.2, 0) is 9.59 Å². The first kappa shape index (κ1) is 11.8. The fourth-order valence-electron chi connectivity index (χ4n) is 2.23. The van der Waals surface area contributed by atoms with E-state index in [1.165, 1.54) is 25.3 Å². The molecular weight excluding hydrogens is 223 g/mol. The topological polar surface area (TPSA) is 43.4 Å². The number of methoxy groups -OCH3 is 1. The second-order valence-electron chi connectivity index (χ2n) is 4.25. The van der Waals surface area contributed by atoms with E-state index in [2.05, 4.69) is 0 Å². The van der Waals surface area contributed by atoms with E-state index in [-0.39, 0.29) is 42.6 Å². The smallest absolute Gasteiger partial charge is 0.140 e. The third-order valence-electron chi connectivity index (χ3n) is 2.97. The van der Waals surface area contributed by atoms with Gasteiger partial charge in [-0.25, -0.2) is 4.39 Å². The van der Waals surface area contributed by atoms with Crippen molar-refractivity contribution in [2.24, 2.45) is 0 Å². The lowest BCUT2D eigenvalue weighted by Gasteiger charge is -2.22. The van der Waals surface area contributed by atoms with Crippen molar-refractivity contribution in [3.63, 3.8) is 0 Å². The van der Waals surface area contributed by atoms with Crippen LogP contribution in [0.2, 0.25) is 0 Å². The molecule has 1 fully saturated rings. The average Bonchev–Trinajstić information content (AvgIpc) is 2.27. The summed E-state index contributed by atoms with van der Waals surface area (Å²) in [6, 6.07) is 4.17. The Morgan fingerprint density at radius 1 is 1.24 bits per heavy atom. The highest BCUT2D eigenvalue weighted by Gasteiger charge is 2.28. The quantitative estimate of drug-likeness (QED) is 0.739. The van der Waals surface area contributed by atoms with Crippen molar-refractivity contribution in [1.82, 2.24) is 0 Å². The van der Waals surface area contributed by atoms with E-state index in [0.29, 0.717) is 11.3 Å². The van der Waals surface area contributed by atoms with Crippen LogP contribution in [0.4, 0.5) is 4.39 Å². The van der Waals surface area contributed by atoms with Gasteiger partial charge in [-0.05, 0) is 18.2 Å². The highest BCUT2D eigenvalue weighted by molar-refractivity contribution is 6.02. The number of Topliss-reactive ketones (excluding diaryl/α,β-unsaturated/α-hetero) is 2. The zero-order valence-electron chi connectivity index (χ0n) is 9.53. The van der Waals surface area contributed by atoms with Crippen molar-refractivity contribution in [3.8, 4) is 5.75 Å². The molecule has 0 N–H and O–H groups in total. The van der Waals surface area contributed by atoms with Gasteiger partial charge in [0.25, 0.3) is 0 Å². The molecule has 0 atom stereocenters. The van der Waals surface area contributed by atoms with Crippen molar-refractivity contribution in [2.75, 3.05) is 7.11 Å². The normalized spacial score (nSPS) is 17.3. The van der Waals surface area contributed by atoms with Gasteiger partial charge in [-0.1, -0.05) is 0 Å². The molecule has 0 aromatic heterocycles. The third-order valence-corrected chi connectivity index (χ3v) is 2.97. The summed E-state index contributed by atoms with van der Waals surface area (Å²) >= 11 is 0. The molecular formula is C13H13FO3. The molecule has 0 saturated heterocycles. The summed E-state index contributed by atoms with van der Waals surface area (Å²) in [6.07, 6.45) is 0.575. The van der Waals surface area contributed by atoms with Crippen LogP contribution in [0.5, 0.6) is 5.75 Å². The van der Waals surface area contributed by atoms with Crippen LogP contribution in [0, 0.1) is 5.82 Å². The van der Waals surface area contributed by atoms with Crippen molar-refractivity contribution < 1.29 is 18.7 Å². The Bertz CT molecular complexity index is 452. The molecule has 1 aliphatic carbocycles. The molecule has 0 spiro atoms. The molecule has 4 heteroatoms. The lowest BCUT2D eigenvalue weighted by molar-refractivity contribution is -0.130. The number of halogens is 1. The monoisotopic (exact) mass is 236 g/mol. The average molecular weight is 236 g/mol. The molecule has 2 rings (SSSR count). The lowest BCUT2D eigenvalue weighted by atomic mass is 9.82. The van der Waals surface area contributed by atoms with E-state index in [4.69, 9.17) is 4.74 Å². The predicted octanol–water partition coefficient (Wildman–Crippen LogP) is 2.24. The van der Waals surface area contributed by atoms with Crippen LogP contribution in [0.25, 0.3) is 0 Å². The standard InChI is InChI=1S/C13H13FO3/c1-17-13-3-2-9(14)6-12(13)8-4-10(15)7-11(16)5-8/h2-3,6,8H,4-5,7H2,1H3. The van der Waals surface area contributed by atoms with Gasteiger partial charge in [0.15, 0.2) is 0 Å². The summed E-state index contributed by atoms with van der Waals surface area (Å²) in [5.74, 6) is -0.283. The van der Waals surface area contributed by atoms with Gasteiger partial charge >= 0.3 is 0 Å². The summed E-state index contributed by atoms with van der Waals surface area (Å²) in [5, 5.41) is 0. The molecule has 0 radical (unpaired) electrons. The number of carbonyl (C=O) groups is 2. The zero-order valence-corrected chi connectivity index (χ0v) is 9.53. The van der Waals surface area contributed by atoms with Crippen LogP contribution >= 0.6 is 0 Å². The second kappa shape index (κ2) is 4.65. The van der Waals surface area contributed by atoms with Crippen LogP contribution < -0.4 is 4.74 Å². The number of ketones is 2. The number of hydrogen-bond donors (Lipinski definition) is 0. The Labute approximate surface area is 98.6 Å². The van der Waals surface area contributed by atoms with E-state index in [0.717, 1.165) is 0 Å². The van der Waals surface area contributed by atoms with E-state index >= 15 is 0 Å². The molecule has 17 heavy (non-hydrogen) atoms. The maximum Gasteiger partial charge on any atom is 0.140 e. The first-order chi connectivity index (χ1) is 8.10. The van der Waals surface area contributed by atoms with Crippen molar-refractivity contribution in [1.29, 1.82) is 0 Å². The largest absolute Gasteiger partial charge is 0.496 e. The van der Waals surface area contributed by atoms with Gasteiger partial charge in [-0.2, -0.15) is 0 Å². The van der Waals surface area contributed by atoms with Gasteiger partial charge in [0.05, 0.1) is 13.5 Å². The number of carbonyl (C=O) groups excluding carboxylic acids is 2. The number of ether oxygens (including phenoxy) is 1. The van der Waals surface area contributed by atoms with Crippen LogP contribution in [0.1, 0.15) is 30.7 Å². The van der Waals surface area contributed by atoms with E-state index < -0.39 is 0 Å². The van der Waals surface area contributed by atoms with Gasteiger partial charge in [-0.15, -0.1) is 0 Å². The molecule has 0 amide bonds. The van der Waals surface area contributed by atoms with E-state index in [1.54, 1.807) is 0 Å². The van der Waals surface area contributed by atoms with Gasteiger partial charge in [0.2, 0.25) is 0 Å². The molecule has 1 aromatic rings. The fourth-order valence-corrected chi connectivity index (χ4v) is 2.23. The predicted molar refractivity (Wildman–Crippen MR) is 59.6 cm³/mol. The minimum absolute atomic E-state index is 0.00807. The first-order valence-corrected chi connectivity index (χ1v) is 5.47. The van der Waals surface area contributed by atoms with Crippen LogP contribution in [0.3, 0.4) is 0 Å². The fraction of sp³-hybridized carbons (Fsp3) is 0.385. The second-order valence-corrected chi connectivity index (χ2v) is 4.25. The molecule has 1 saturated carbocycles. The summed E-state index contributed by atoms with van der Waals surface area (Å²) in [6.45, 7) is 0. The highest BCUT2D eigenvalue weighted by atomic mass is 19.1. The Morgan fingerprint density at radius 3 is 2.47 bits per heavy atom. The van der Waals surface area contributed by atoms with Gasteiger partial charge in [0.1, 0.15) is 23.1 Å². The SMILES string of the molecule is COc1ccc(F)cc1C1CC(=O)CC(=O)C1. The first-order valence-electron chi connectivity index (χ1n) is 5.47. The highest BCUT2D eigenvalue weighted by Crippen LogP contribution is 2.35. The van der Waals surface area contributed by atoms with Crippen LogP contribution in [-0.4, -0.2) is 18.7 Å². The molecule has 90 valence electrons. The van der Waals surface area contributed by atoms with Gasteiger partial charge < -0.3 is 4.74 Å². The Balaban J connectivity index is 2.35. The molecule has 0 aliphatic heterocycles. The molecule has 3 nitrogen and oxygen atoms in total. The lowest BCUT2D eigenvalue weighted by Crippen LogP contribution is -2.21. The molecule has 0 heterocycles. The molecule has 0 bridgehead atoms.